The van der Waals surface area contributed by atoms with Crippen molar-refractivity contribution in [3.8, 4) is 0 Å². The monoisotopic (exact) mass is 405 g/mol. The third-order valence-electron chi connectivity index (χ3n) is 5.24. The first-order chi connectivity index (χ1) is 14.1. The number of nitrogens with zero attached hydrogens (tertiary/aromatic N) is 2. The van der Waals surface area contributed by atoms with Gasteiger partial charge in [-0.3, -0.25) is 9.59 Å². The van der Waals surface area contributed by atoms with E-state index in [1.54, 1.807) is 0 Å². The van der Waals surface area contributed by atoms with E-state index in [1.165, 1.54) is 22.9 Å². The van der Waals surface area contributed by atoms with Gasteiger partial charge in [-0.2, -0.15) is 0 Å². The Hall–Kier alpha value is -2.86. The summed E-state index contributed by atoms with van der Waals surface area (Å²) in [6.45, 7) is 3.23. The van der Waals surface area contributed by atoms with Gasteiger partial charge in [-0.05, 0) is 30.0 Å². The standard InChI is InChI=1S/C23H23N3O2S/c1-16-20(13-17-7-3-2-4-8-17)22(28)25-23(24-16)29-15-21(27)26-12-11-18-9-5-6-10-19(18)14-26/h2-10H,11-15H2,1H3,(H,24,25,28). The van der Waals surface area contributed by atoms with Crippen LogP contribution in [0.15, 0.2) is 64.5 Å². The Morgan fingerprint density at radius 2 is 1.83 bits per heavy atom. The Morgan fingerprint density at radius 3 is 2.59 bits per heavy atom. The molecule has 29 heavy (non-hydrogen) atoms. The summed E-state index contributed by atoms with van der Waals surface area (Å²) < 4.78 is 0. The largest absolute Gasteiger partial charge is 0.337 e. The topological polar surface area (TPSA) is 66.1 Å². The summed E-state index contributed by atoms with van der Waals surface area (Å²) in [5.74, 6) is 0.334. The number of aryl methyl sites for hydroxylation is 1. The molecule has 1 aliphatic heterocycles. The van der Waals surface area contributed by atoms with Gasteiger partial charge in [-0.15, -0.1) is 0 Å². The Labute approximate surface area is 174 Å². The highest BCUT2D eigenvalue weighted by molar-refractivity contribution is 7.99. The molecule has 0 radical (unpaired) electrons. The lowest BCUT2D eigenvalue weighted by atomic mass is 10.00. The number of hydrogen-bond acceptors (Lipinski definition) is 4. The zero-order valence-corrected chi connectivity index (χ0v) is 17.2. The first-order valence-corrected chi connectivity index (χ1v) is 10.7. The third-order valence-corrected chi connectivity index (χ3v) is 6.10. The van der Waals surface area contributed by atoms with Gasteiger partial charge in [0.1, 0.15) is 0 Å². The van der Waals surface area contributed by atoms with Crippen molar-refractivity contribution in [3.05, 3.63) is 92.9 Å². The number of carbonyl (C=O) groups excluding carboxylic acids is 1. The predicted octanol–water partition coefficient (Wildman–Crippen LogP) is 3.35. The molecule has 0 spiro atoms. The summed E-state index contributed by atoms with van der Waals surface area (Å²) in [4.78, 5) is 34.4. The van der Waals surface area contributed by atoms with Gasteiger partial charge in [-0.25, -0.2) is 4.98 Å². The molecule has 2 aromatic carbocycles. The molecule has 1 aliphatic rings. The summed E-state index contributed by atoms with van der Waals surface area (Å²) >= 11 is 1.29. The minimum atomic E-state index is -0.136. The molecule has 3 aromatic rings. The summed E-state index contributed by atoms with van der Waals surface area (Å²) in [5.41, 5.74) is 4.84. The number of amides is 1. The number of benzene rings is 2. The molecule has 1 amide bonds. The summed E-state index contributed by atoms with van der Waals surface area (Å²) in [6, 6.07) is 18.1. The van der Waals surface area contributed by atoms with Crippen molar-refractivity contribution in [2.75, 3.05) is 12.3 Å². The van der Waals surface area contributed by atoms with Crippen LogP contribution >= 0.6 is 11.8 Å². The van der Waals surface area contributed by atoms with E-state index in [2.05, 4.69) is 22.1 Å². The van der Waals surface area contributed by atoms with E-state index in [-0.39, 0.29) is 17.2 Å². The number of carbonyl (C=O) groups is 1. The van der Waals surface area contributed by atoms with Crippen LogP contribution in [0.4, 0.5) is 0 Å². The SMILES string of the molecule is Cc1nc(SCC(=O)N2CCc3ccccc3C2)[nH]c(=O)c1Cc1ccccc1. The minimum Gasteiger partial charge on any atom is -0.337 e. The summed E-state index contributed by atoms with van der Waals surface area (Å²) in [7, 11) is 0. The summed E-state index contributed by atoms with van der Waals surface area (Å²) in [5, 5.41) is 0.495. The number of thioether (sulfide) groups is 1. The van der Waals surface area contributed by atoms with Crippen LogP contribution in [-0.4, -0.2) is 33.1 Å². The fourth-order valence-electron chi connectivity index (χ4n) is 3.59. The molecule has 2 heterocycles. The maximum absolute atomic E-state index is 12.6. The van der Waals surface area contributed by atoms with Gasteiger partial charge in [-0.1, -0.05) is 66.4 Å². The van der Waals surface area contributed by atoms with Crippen LogP contribution in [0.1, 0.15) is 27.9 Å². The molecule has 6 heteroatoms. The van der Waals surface area contributed by atoms with Crippen LogP contribution in [0, 0.1) is 6.92 Å². The molecule has 0 fully saturated rings. The molecule has 4 rings (SSSR count). The highest BCUT2D eigenvalue weighted by atomic mass is 32.2. The van der Waals surface area contributed by atoms with Crippen LogP contribution < -0.4 is 5.56 Å². The molecular weight excluding hydrogens is 382 g/mol. The second-order valence-electron chi connectivity index (χ2n) is 7.22. The number of rotatable bonds is 5. The normalized spacial score (nSPS) is 13.2. The maximum Gasteiger partial charge on any atom is 0.255 e. The number of aromatic amines is 1. The van der Waals surface area contributed by atoms with Gasteiger partial charge in [0, 0.05) is 30.8 Å². The van der Waals surface area contributed by atoms with Gasteiger partial charge in [0.15, 0.2) is 5.16 Å². The molecule has 0 saturated carbocycles. The first kappa shape index (κ1) is 19.5. The van der Waals surface area contributed by atoms with Crippen molar-refractivity contribution in [2.45, 2.75) is 31.5 Å². The maximum atomic E-state index is 12.6. The fraction of sp³-hybridized carbons (Fsp3) is 0.261. The quantitative estimate of drug-likeness (QED) is 0.522. The predicted molar refractivity (Wildman–Crippen MR) is 115 cm³/mol. The lowest BCUT2D eigenvalue weighted by molar-refractivity contribution is -0.129. The van der Waals surface area contributed by atoms with E-state index in [0.717, 1.165) is 18.5 Å². The van der Waals surface area contributed by atoms with Gasteiger partial charge >= 0.3 is 0 Å². The molecule has 0 unspecified atom stereocenters. The lowest BCUT2D eigenvalue weighted by Crippen LogP contribution is -2.37. The third kappa shape index (κ3) is 4.59. The fourth-order valence-corrected chi connectivity index (χ4v) is 4.40. The van der Waals surface area contributed by atoms with Crippen LogP contribution in [-0.2, 0) is 24.2 Å². The van der Waals surface area contributed by atoms with Crippen LogP contribution in [0.3, 0.4) is 0 Å². The van der Waals surface area contributed by atoms with Crippen LogP contribution in [0.2, 0.25) is 0 Å². The van der Waals surface area contributed by atoms with E-state index in [4.69, 9.17) is 0 Å². The Bertz CT molecular complexity index is 1080. The van der Waals surface area contributed by atoms with Crippen molar-refractivity contribution >= 4 is 17.7 Å². The average molecular weight is 406 g/mol. The number of nitrogens with one attached hydrogen (secondary N) is 1. The Balaban J connectivity index is 1.40. The van der Waals surface area contributed by atoms with Crippen molar-refractivity contribution in [3.63, 3.8) is 0 Å². The first-order valence-electron chi connectivity index (χ1n) is 9.71. The second kappa shape index (κ2) is 8.66. The van der Waals surface area contributed by atoms with E-state index in [0.29, 0.717) is 29.4 Å². The highest BCUT2D eigenvalue weighted by Crippen LogP contribution is 2.21. The highest BCUT2D eigenvalue weighted by Gasteiger charge is 2.20. The zero-order chi connectivity index (χ0) is 20.2. The lowest BCUT2D eigenvalue weighted by Gasteiger charge is -2.28. The van der Waals surface area contributed by atoms with Gasteiger partial charge in [0.2, 0.25) is 5.91 Å². The Morgan fingerprint density at radius 1 is 1.10 bits per heavy atom. The molecule has 0 saturated heterocycles. The smallest absolute Gasteiger partial charge is 0.255 e. The molecule has 1 aromatic heterocycles. The number of hydrogen-bond donors (Lipinski definition) is 1. The van der Waals surface area contributed by atoms with Gasteiger partial charge < -0.3 is 9.88 Å². The van der Waals surface area contributed by atoms with Crippen molar-refractivity contribution < 1.29 is 4.79 Å². The molecule has 5 nitrogen and oxygen atoms in total. The van der Waals surface area contributed by atoms with Gasteiger partial charge in [0.25, 0.3) is 5.56 Å². The summed E-state index contributed by atoms with van der Waals surface area (Å²) in [6.07, 6.45) is 1.43. The molecule has 0 bridgehead atoms. The number of H-pyrrole nitrogens is 1. The number of aromatic nitrogens is 2. The molecule has 0 atom stereocenters. The van der Waals surface area contributed by atoms with E-state index in [1.807, 2.05) is 54.3 Å². The zero-order valence-electron chi connectivity index (χ0n) is 16.4. The van der Waals surface area contributed by atoms with Crippen LogP contribution in [0.25, 0.3) is 0 Å². The van der Waals surface area contributed by atoms with Crippen molar-refractivity contribution in [1.82, 2.24) is 14.9 Å². The van der Waals surface area contributed by atoms with E-state index >= 15 is 0 Å². The minimum absolute atomic E-state index is 0.0677. The van der Waals surface area contributed by atoms with E-state index in [9.17, 15) is 9.59 Å². The molecule has 0 aliphatic carbocycles. The molecule has 1 N–H and O–H groups in total. The average Bonchev–Trinajstić information content (AvgIpc) is 2.75. The molecule has 148 valence electrons. The Kier molecular flexibility index (Phi) is 5.81. The van der Waals surface area contributed by atoms with Crippen molar-refractivity contribution in [1.29, 1.82) is 0 Å². The number of fused-ring (bicyclic) bond motifs is 1. The van der Waals surface area contributed by atoms with E-state index < -0.39 is 0 Å². The van der Waals surface area contributed by atoms with Crippen molar-refractivity contribution in [2.24, 2.45) is 0 Å². The van der Waals surface area contributed by atoms with Gasteiger partial charge in [0.05, 0.1) is 5.75 Å². The van der Waals surface area contributed by atoms with Crippen LogP contribution in [0.5, 0.6) is 0 Å². The molecular formula is C23H23N3O2S. The second-order valence-corrected chi connectivity index (χ2v) is 8.18.